The van der Waals surface area contributed by atoms with Crippen LogP contribution in [0.2, 0.25) is 0 Å². The average molecular weight is 160 g/mol. The Bertz CT molecular complexity index is 166. The van der Waals surface area contributed by atoms with Gasteiger partial charge in [-0.05, 0) is 13.0 Å². The molecule has 0 saturated heterocycles. The van der Waals surface area contributed by atoms with Crippen molar-refractivity contribution in [2.45, 2.75) is 6.92 Å². The van der Waals surface area contributed by atoms with Crippen LogP contribution in [0.4, 0.5) is 5.82 Å². The molecule has 0 aliphatic heterocycles. The van der Waals surface area contributed by atoms with Crippen LogP contribution in [0.3, 0.4) is 0 Å². The highest BCUT2D eigenvalue weighted by molar-refractivity contribution is 5.85. The lowest BCUT2D eigenvalue weighted by atomic mass is 10.6. The summed E-state index contributed by atoms with van der Waals surface area (Å²) in [5, 5.41) is 3.06. The Balaban J connectivity index is 0.000000810. The second-order valence-electron chi connectivity index (χ2n) is 1.62. The molecule has 0 atom stereocenters. The van der Waals surface area contributed by atoms with Crippen molar-refractivity contribution >= 4 is 18.2 Å². The number of nitrogens with zero attached hydrogens (tertiary/aromatic N) is 2. The summed E-state index contributed by atoms with van der Waals surface area (Å²) in [5.41, 5.74) is 0. The molecule has 0 spiro atoms. The number of rotatable bonds is 2. The number of hydrogen-bond donors (Lipinski definition) is 1. The van der Waals surface area contributed by atoms with Crippen LogP contribution in [0.15, 0.2) is 18.6 Å². The van der Waals surface area contributed by atoms with E-state index in [1.54, 1.807) is 6.20 Å². The Kier molecular flexibility index (Phi) is 4.58. The summed E-state index contributed by atoms with van der Waals surface area (Å²) in [6.45, 7) is 2.93. The molecule has 1 rings (SSSR count). The largest absolute Gasteiger partial charge is 0.370 e. The summed E-state index contributed by atoms with van der Waals surface area (Å²) in [4.78, 5) is 7.72. The number of anilines is 1. The van der Waals surface area contributed by atoms with E-state index in [9.17, 15) is 0 Å². The molecule has 56 valence electrons. The van der Waals surface area contributed by atoms with Crippen LogP contribution < -0.4 is 5.32 Å². The molecule has 0 aliphatic carbocycles. The summed E-state index contributed by atoms with van der Waals surface area (Å²) in [6.07, 6.45) is 3.24. The zero-order chi connectivity index (χ0) is 6.53. The topological polar surface area (TPSA) is 37.8 Å². The SMILES string of the molecule is CCNc1ccncn1.Cl. The molecule has 0 unspecified atom stereocenters. The highest BCUT2D eigenvalue weighted by atomic mass is 35.5. The monoisotopic (exact) mass is 159 g/mol. The van der Waals surface area contributed by atoms with Gasteiger partial charge in [-0.15, -0.1) is 12.4 Å². The van der Waals surface area contributed by atoms with Crippen LogP contribution in [0.1, 0.15) is 6.92 Å². The summed E-state index contributed by atoms with van der Waals surface area (Å²) >= 11 is 0. The van der Waals surface area contributed by atoms with Crippen molar-refractivity contribution in [1.29, 1.82) is 0 Å². The molecule has 1 aromatic heterocycles. The van der Waals surface area contributed by atoms with Gasteiger partial charge in [0.05, 0.1) is 0 Å². The fraction of sp³-hybridized carbons (Fsp3) is 0.333. The van der Waals surface area contributed by atoms with Gasteiger partial charge in [0.1, 0.15) is 12.1 Å². The number of hydrogen-bond acceptors (Lipinski definition) is 3. The molecule has 0 aromatic carbocycles. The first-order valence-corrected chi connectivity index (χ1v) is 2.93. The van der Waals surface area contributed by atoms with E-state index < -0.39 is 0 Å². The first kappa shape index (κ1) is 9.17. The first-order valence-electron chi connectivity index (χ1n) is 2.93. The van der Waals surface area contributed by atoms with E-state index in [0.29, 0.717) is 0 Å². The molecule has 0 aliphatic rings. The Morgan fingerprint density at radius 2 is 2.40 bits per heavy atom. The van der Waals surface area contributed by atoms with E-state index >= 15 is 0 Å². The predicted molar refractivity (Wildman–Crippen MR) is 43.4 cm³/mol. The maximum absolute atomic E-state index is 3.95. The molecule has 1 aromatic rings. The Morgan fingerprint density at radius 1 is 1.60 bits per heavy atom. The van der Waals surface area contributed by atoms with Gasteiger partial charge in [0.15, 0.2) is 0 Å². The van der Waals surface area contributed by atoms with Crippen molar-refractivity contribution in [3.05, 3.63) is 18.6 Å². The number of halogens is 1. The van der Waals surface area contributed by atoms with Gasteiger partial charge in [-0.3, -0.25) is 0 Å². The molecule has 0 radical (unpaired) electrons. The standard InChI is InChI=1S/C6H9N3.ClH/c1-2-8-6-3-4-7-5-9-6;/h3-5H,2H2,1H3,(H,7,8,9);1H. The Labute approximate surface area is 66.3 Å². The molecule has 10 heavy (non-hydrogen) atoms. The van der Waals surface area contributed by atoms with E-state index in [-0.39, 0.29) is 12.4 Å². The second kappa shape index (κ2) is 4.99. The van der Waals surface area contributed by atoms with Crippen LogP contribution >= 0.6 is 12.4 Å². The van der Waals surface area contributed by atoms with Crippen molar-refractivity contribution in [1.82, 2.24) is 9.97 Å². The molecule has 0 fully saturated rings. The Hall–Kier alpha value is -0.830. The van der Waals surface area contributed by atoms with Gasteiger partial charge in [0.2, 0.25) is 0 Å². The van der Waals surface area contributed by atoms with E-state index in [2.05, 4.69) is 15.3 Å². The molecule has 1 N–H and O–H groups in total. The van der Waals surface area contributed by atoms with Gasteiger partial charge in [-0.1, -0.05) is 0 Å². The summed E-state index contributed by atoms with van der Waals surface area (Å²) in [6, 6.07) is 1.84. The lowest BCUT2D eigenvalue weighted by molar-refractivity contribution is 1.11. The Morgan fingerprint density at radius 3 is 2.90 bits per heavy atom. The predicted octanol–water partition coefficient (Wildman–Crippen LogP) is 1.33. The minimum Gasteiger partial charge on any atom is -0.370 e. The lowest BCUT2D eigenvalue weighted by Gasteiger charge is -1.97. The molecule has 4 heteroatoms. The zero-order valence-corrected chi connectivity index (χ0v) is 6.56. The number of nitrogens with one attached hydrogen (secondary N) is 1. The van der Waals surface area contributed by atoms with Gasteiger partial charge < -0.3 is 5.32 Å². The smallest absolute Gasteiger partial charge is 0.129 e. The van der Waals surface area contributed by atoms with Crippen LogP contribution in [-0.2, 0) is 0 Å². The molecule has 0 bridgehead atoms. The third kappa shape index (κ3) is 2.64. The lowest BCUT2D eigenvalue weighted by Crippen LogP contribution is -1.97. The van der Waals surface area contributed by atoms with E-state index in [0.717, 1.165) is 12.4 Å². The quantitative estimate of drug-likeness (QED) is 0.708. The maximum atomic E-state index is 3.95. The first-order chi connectivity index (χ1) is 4.43. The highest BCUT2D eigenvalue weighted by Crippen LogP contribution is 1.95. The third-order valence-corrected chi connectivity index (χ3v) is 0.940. The van der Waals surface area contributed by atoms with Crippen molar-refractivity contribution in [3.8, 4) is 0 Å². The third-order valence-electron chi connectivity index (χ3n) is 0.940. The van der Waals surface area contributed by atoms with Gasteiger partial charge in [0, 0.05) is 12.7 Å². The van der Waals surface area contributed by atoms with E-state index in [1.165, 1.54) is 6.33 Å². The summed E-state index contributed by atoms with van der Waals surface area (Å²) in [7, 11) is 0. The fourth-order valence-electron chi connectivity index (χ4n) is 0.576. The maximum Gasteiger partial charge on any atom is 0.129 e. The van der Waals surface area contributed by atoms with Gasteiger partial charge in [-0.2, -0.15) is 0 Å². The number of aromatic nitrogens is 2. The molecular weight excluding hydrogens is 150 g/mol. The van der Waals surface area contributed by atoms with Crippen LogP contribution in [-0.4, -0.2) is 16.5 Å². The van der Waals surface area contributed by atoms with Gasteiger partial charge >= 0.3 is 0 Å². The zero-order valence-electron chi connectivity index (χ0n) is 5.74. The summed E-state index contributed by atoms with van der Waals surface area (Å²) < 4.78 is 0. The average Bonchev–Trinajstić information content (AvgIpc) is 1.91. The van der Waals surface area contributed by atoms with E-state index in [1.807, 2.05) is 13.0 Å². The molecular formula is C6H10ClN3. The highest BCUT2D eigenvalue weighted by Gasteiger charge is 1.84. The van der Waals surface area contributed by atoms with Crippen LogP contribution in [0.5, 0.6) is 0 Å². The fourth-order valence-corrected chi connectivity index (χ4v) is 0.576. The molecule has 0 amide bonds. The van der Waals surface area contributed by atoms with Crippen molar-refractivity contribution < 1.29 is 0 Å². The van der Waals surface area contributed by atoms with Gasteiger partial charge in [0.25, 0.3) is 0 Å². The normalized spacial score (nSPS) is 8.10. The van der Waals surface area contributed by atoms with Crippen molar-refractivity contribution in [2.24, 2.45) is 0 Å². The van der Waals surface area contributed by atoms with Crippen LogP contribution in [0.25, 0.3) is 0 Å². The van der Waals surface area contributed by atoms with Gasteiger partial charge in [-0.25, -0.2) is 9.97 Å². The molecule has 0 saturated carbocycles. The molecule has 3 nitrogen and oxygen atoms in total. The summed E-state index contributed by atoms with van der Waals surface area (Å²) in [5.74, 6) is 0.882. The van der Waals surface area contributed by atoms with E-state index in [4.69, 9.17) is 0 Å². The van der Waals surface area contributed by atoms with Crippen molar-refractivity contribution in [2.75, 3.05) is 11.9 Å². The minimum absolute atomic E-state index is 0. The van der Waals surface area contributed by atoms with Crippen molar-refractivity contribution in [3.63, 3.8) is 0 Å². The minimum atomic E-state index is 0. The molecule has 1 heterocycles. The second-order valence-corrected chi connectivity index (χ2v) is 1.62. The van der Waals surface area contributed by atoms with Crippen LogP contribution in [0, 0.1) is 0 Å².